The average Bonchev–Trinajstić information content (AvgIpc) is 2.73. The minimum Gasteiger partial charge on any atom is -0.493 e. The highest BCUT2D eigenvalue weighted by Gasteiger charge is 2.18. The van der Waals surface area contributed by atoms with E-state index in [9.17, 15) is 4.79 Å². The van der Waals surface area contributed by atoms with E-state index in [0.29, 0.717) is 18.1 Å². The lowest BCUT2D eigenvalue weighted by molar-refractivity contribution is -0.119. The van der Waals surface area contributed by atoms with E-state index in [1.807, 2.05) is 18.2 Å². The third kappa shape index (κ3) is 4.91. The Labute approximate surface area is 165 Å². The van der Waals surface area contributed by atoms with Crippen molar-refractivity contribution in [2.24, 2.45) is 5.10 Å². The molecular formula is C22H25N3O3. The van der Waals surface area contributed by atoms with E-state index in [1.54, 1.807) is 31.5 Å². The van der Waals surface area contributed by atoms with Gasteiger partial charge in [-0.15, -0.1) is 0 Å². The first-order valence-corrected chi connectivity index (χ1v) is 9.27. The largest absolute Gasteiger partial charge is 0.493 e. The highest BCUT2D eigenvalue weighted by molar-refractivity contribution is 5.85. The van der Waals surface area contributed by atoms with Gasteiger partial charge in [-0.05, 0) is 48.2 Å². The van der Waals surface area contributed by atoms with Crippen LogP contribution >= 0.6 is 0 Å². The lowest BCUT2D eigenvalue weighted by Crippen LogP contribution is -2.38. The number of hydrogen-bond acceptors (Lipinski definition) is 5. The normalized spacial score (nSPS) is 13.1. The monoisotopic (exact) mass is 379 g/mol. The van der Waals surface area contributed by atoms with Crippen molar-refractivity contribution in [1.82, 2.24) is 5.43 Å². The first kappa shape index (κ1) is 19.5. The Balaban J connectivity index is 1.57. The number of rotatable bonds is 8. The minimum atomic E-state index is -0.147. The van der Waals surface area contributed by atoms with Crippen LogP contribution in [0.5, 0.6) is 11.5 Å². The number of hydrogen-bond donors (Lipinski definition) is 1. The number of nitrogens with zero attached hydrogens (tertiary/aromatic N) is 2. The second-order valence-corrected chi connectivity index (χ2v) is 6.46. The molecule has 0 unspecified atom stereocenters. The Kier molecular flexibility index (Phi) is 6.68. The van der Waals surface area contributed by atoms with Crippen LogP contribution in [0.15, 0.2) is 60.2 Å². The molecule has 1 aliphatic heterocycles. The van der Waals surface area contributed by atoms with Crippen LogP contribution in [0, 0.1) is 0 Å². The van der Waals surface area contributed by atoms with Crippen molar-refractivity contribution in [3.05, 3.63) is 66.2 Å². The minimum absolute atomic E-state index is 0.147. The molecule has 28 heavy (non-hydrogen) atoms. The van der Waals surface area contributed by atoms with Gasteiger partial charge in [0, 0.05) is 12.2 Å². The number of carbonyl (C=O) groups excluding carboxylic acids is 1. The van der Waals surface area contributed by atoms with Crippen LogP contribution in [0.2, 0.25) is 0 Å². The van der Waals surface area contributed by atoms with Crippen LogP contribution in [0.25, 0.3) is 0 Å². The zero-order chi connectivity index (χ0) is 19.8. The van der Waals surface area contributed by atoms with Gasteiger partial charge in [0.15, 0.2) is 11.5 Å². The fourth-order valence-corrected chi connectivity index (χ4v) is 3.20. The van der Waals surface area contributed by atoms with E-state index in [-0.39, 0.29) is 12.5 Å². The summed E-state index contributed by atoms with van der Waals surface area (Å²) in [5.74, 6) is 1.08. The first-order chi connectivity index (χ1) is 13.7. The van der Waals surface area contributed by atoms with E-state index in [2.05, 4.69) is 34.1 Å². The number of amides is 1. The predicted molar refractivity (Wildman–Crippen MR) is 111 cm³/mol. The second kappa shape index (κ2) is 9.60. The van der Waals surface area contributed by atoms with Crippen LogP contribution in [0.3, 0.4) is 0 Å². The first-order valence-electron chi connectivity index (χ1n) is 9.27. The third-order valence-corrected chi connectivity index (χ3v) is 4.49. The number of nitrogens with one attached hydrogen (secondary N) is 1. The van der Waals surface area contributed by atoms with E-state index in [4.69, 9.17) is 9.47 Å². The predicted octanol–water partition coefficient (Wildman–Crippen LogP) is 3.16. The summed E-state index contributed by atoms with van der Waals surface area (Å²) in [5.41, 5.74) is 5.82. The lowest BCUT2D eigenvalue weighted by Gasteiger charge is -2.30. The average molecular weight is 379 g/mol. The summed E-state index contributed by atoms with van der Waals surface area (Å²) < 4.78 is 10.9. The topological polar surface area (TPSA) is 63.2 Å². The SMILES string of the molecule is C=CCOc1ccc(/C=N\NC(=O)CN2CCCc3ccccc32)cc1OC. The van der Waals surface area contributed by atoms with Gasteiger partial charge < -0.3 is 14.4 Å². The number of aryl methyl sites for hydroxylation is 1. The maximum atomic E-state index is 12.3. The molecule has 1 aliphatic rings. The summed E-state index contributed by atoms with van der Waals surface area (Å²) in [5, 5.41) is 4.07. The summed E-state index contributed by atoms with van der Waals surface area (Å²) >= 11 is 0. The van der Waals surface area contributed by atoms with E-state index >= 15 is 0 Å². The smallest absolute Gasteiger partial charge is 0.259 e. The molecule has 0 aliphatic carbocycles. The molecule has 1 amide bonds. The Bertz CT molecular complexity index is 864. The summed E-state index contributed by atoms with van der Waals surface area (Å²) in [4.78, 5) is 14.4. The molecule has 0 bridgehead atoms. The number of fused-ring (bicyclic) bond motifs is 1. The zero-order valence-electron chi connectivity index (χ0n) is 16.1. The number of carbonyl (C=O) groups is 1. The Morgan fingerprint density at radius 1 is 1.29 bits per heavy atom. The molecule has 6 nitrogen and oxygen atoms in total. The van der Waals surface area contributed by atoms with Gasteiger partial charge >= 0.3 is 0 Å². The van der Waals surface area contributed by atoms with Crippen LogP contribution in [-0.2, 0) is 11.2 Å². The van der Waals surface area contributed by atoms with Crippen molar-refractivity contribution in [2.45, 2.75) is 12.8 Å². The molecule has 0 saturated heterocycles. The quantitative estimate of drug-likeness (QED) is 0.435. The molecule has 1 heterocycles. The zero-order valence-corrected chi connectivity index (χ0v) is 16.1. The summed E-state index contributed by atoms with van der Waals surface area (Å²) in [7, 11) is 1.58. The molecule has 6 heteroatoms. The highest BCUT2D eigenvalue weighted by Crippen LogP contribution is 2.28. The summed E-state index contributed by atoms with van der Waals surface area (Å²) in [6.07, 6.45) is 5.36. The molecule has 2 aromatic carbocycles. The standard InChI is InChI=1S/C22H25N3O3/c1-3-13-28-20-11-10-17(14-21(20)27-2)15-23-24-22(26)16-25-12-6-8-18-7-4-5-9-19(18)25/h3-5,7,9-11,14-15H,1,6,8,12-13,16H2,2H3,(H,24,26)/b23-15-. The fourth-order valence-electron chi connectivity index (χ4n) is 3.20. The van der Waals surface area contributed by atoms with E-state index < -0.39 is 0 Å². The Morgan fingerprint density at radius 3 is 2.96 bits per heavy atom. The molecule has 2 aromatic rings. The van der Waals surface area contributed by atoms with Gasteiger partial charge in [0.25, 0.3) is 5.91 Å². The van der Waals surface area contributed by atoms with Crippen LogP contribution in [0.4, 0.5) is 5.69 Å². The second-order valence-electron chi connectivity index (χ2n) is 6.46. The number of para-hydroxylation sites is 1. The maximum Gasteiger partial charge on any atom is 0.259 e. The molecule has 0 atom stereocenters. The van der Waals surface area contributed by atoms with Gasteiger partial charge in [0.05, 0.1) is 19.9 Å². The van der Waals surface area contributed by atoms with Crippen LogP contribution in [-0.4, -0.2) is 38.9 Å². The number of anilines is 1. The van der Waals surface area contributed by atoms with E-state index in [1.165, 1.54) is 5.56 Å². The number of hydrazone groups is 1. The Morgan fingerprint density at radius 2 is 2.14 bits per heavy atom. The van der Waals surface area contributed by atoms with Crippen LogP contribution in [0.1, 0.15) is 17.5 Å². The van der Waals surface area contributed by atoms with Gasteiger partial charge in [0.1, 0.15) is 6.61 Å². The lowest BCUT2D eigenvalue weighted by atomic mass is 10.0. The van der Waals surface area contributed by atoms with Crippen molar-refractivity contribution in [1.29, 1.82) is 0 Å². The number of methoxy groups -OCH3 is 1. The summed E-state index contributed by atoms with van der Waals surface area (Å²) in [6.45, 7) is 5.19. The molecule has 0 saturated carbocycles. The molecular weight excluding hydrogens is 354 g/mol. The van der Waals surface area contributed by atoms with Crippen molar-refractivity contribution >= 4 is 17.8 Å². The number of benzene rings is 2. The highest BCUT2D eigenvalue weighted by atomic mass is 16.5. The van der Waals surface area contributed by atoms with E-state index in [0.717, 1.165) is 30.6 Å². The maximum absolute atomic E-state index is 12.3. The van der Waals surface area contributed by atoms with Gasteiger partial charge in [-0.25, -0.2) is 5.43 Å². The molecule has 0 fully saturated rings. The number of ether oxygens (including phenoxy) is 2. The van der Waals surface area contributed by atoms with Crippen molar-refractivity contribution < 1.29 is 14.3 Å². The van der Waals surface area contributed by atoms with Crippen molar-refractivity contribution in [2.75, 3.05) is 31.7 Å². The van der Waals surface area contributed by atoms with Gasteiger partial charge in [-0.2, -0.15) is 5.10 Å². The Hall–Kier alpha value is -3.28. The molecule has 0 spiro atoms. The summed E-state index contributed by atoms with van der Waals surface area (Å²) in [6, 6.07) is 13.7. The molecule has 146 valence electrons. The fraction of sp³-hybridized carbons (Fsp3) is 0.273. The van der Waals surface area contributed by atoms with Crippen LogP contribution < -0.4 is 19.8 Å². The molecule has 0 radical (unpaired) electrons. The third-order valence-electron chi connectivity index (χ3n) is 4.49. The van der Waals surface area contributed by atoms with Crippen molar-refractivity contribution in [3.8, 4) is 11.5 Å². The van der Waals surface area contributed by atoms with Gasteiger partial charge in [-0.1, -0.05) is 30.9 Å². The molecule has 1 N–H and O–H groups in total. The van der Waals surface area contributed by atoms with Crippen molar-refractivity contribution in [3.63, 3.8) is 0 Å². The van der Waals surface area contributed by atoms with Gasteiger partial charge in [0.2, 0.25) is 0 Å². The molecule has 0 aromatic heterocycles. The molecule has 3 rings (SSSR count). The van der Waals surface area contributed by atoms with Gasteiger partial charge in [-0.3, -0.25) is 4.79 Å².